The highest BCUT2D eigenvalue weighted by molar-refractivity contribution is 4.85. The molecule has 1 unspecified atom stereocenters. The van der Waals surface area contributed by atoms with Crippen molar-refractivity contribution < 1.29 is 14.2 Å². The molecule has 1 aliphatic rings. The predicted molar refractivity (Wildman–Crippen MR) is 59.1 cm³/mol. The maximum absolute atomic E-state index is 5.53. The van der Waals surface area contributed by atoms with Crippen molar-refractivity contribution in [1.82, 2.24) is 5.32 Å². The molecule has 90 valence electrons. The molecular weight excluding hydrogens is 194 g/mol. The fourth-order valence-corrected chi connectivity index (χ4v) is 1.80. The van der Waals surface area contributed by atoms with Gasteiger partial charge in [-0.2, -0.15) is 0 Å². The van der Waals surface area contributed by atoms with Crippen molar-refractivity contribution in [3.05, 3.63) is 0 Å². The van der Waals surface area contributed by atoms with Crippen LogP contribution < -0.4 is 5.32 Å². The number of methoxy groups -OCH3 is 1. The third-order valence-corrected chi connectivity index (χ3v) is 2.78. The van der Waals surface area contributed by atoms with E-state index in [2.05, 4.69) is 5.32 Å². The summed E-state index contributed by atoms with van der Waals surface area (Å²) in [5, 5.41) is 3.39. The smallest absolute Gasteiger partial charge is 0.0587 e. The quantitative estimate of drug-likeness (QED) is 0.606. The Hall–Kier alpha value is -0.160. The predicted octanol–water partition coefficient (Wildman–Crippen LogP) is 0.666. The second-order valence-corrected chi connectivity index (χ2v) is 4.11. The normalized spacial score (nSPS) is 26.0. The standard InChI is InChI=1S/C11H23NO3/c1-3-14-9-11(4-6-15-10-11)8-12-5-7-13-2/h12H,3-10H2,1-2H3. The zero-order valence-corrected chi connectivity index (χ0v) is 9.88. The molecule has 4 heteroatoms. The van der Waals surface area contributed by atoms with Crippen LogP contribution in [-0.4, -0.2) is 53.2 Å². The first kappa shape index (κ1) is 12.9. The number of hydrogen-bond acceptors (Lipinski definition) is 4. The van der Waals surface area contributed by atoms with Gasteiger partial charge >= 0.3 is 0 Å². The molecule has 0 radical (unpaired) electrons. The molecule has 15 heavy (non-hydrogen) atoms. The van der Waals surface area contributed by atoms with E-state index in [9.17, 15) is 0 Å². The van der Waals surface area contributed by atoms with Crippen LogP contribution >= 0.6 is 0 Å². The summed E-state index contributed by atoms with van der Waals surface area (Å²) >= 11 is 0. The van der Waals surface area contributed by atoms with E-state index in [0.717, 1.165) is 52.5 Å². The lowest BCUT2D eigenvalue weighted by molar-refractivity contribution is 0.0390. The van der Waals surface area contributed by atoms with Gasteiger partial charge in [0.05, 0.1) is 19.8 Å². The highest BCUT2D eigenvalue weighted by Gasteiger charge is 2.34. The van der Waals surface area contributed by atoms with Crippen LogP contribution in [-0.2, 0) is 14.2 Å². The van der Waals surface area contributed by atoms with Gasteiger partial charge in [-0.3, -0.25) is 0 Å². The summed E-state index contributed by atoms with van der Waals surface area (Å²) in [6.45, 7) is 7.88. The van der Waals surface area contributed by atoms with Crippen LogP contribution in [0.25, 0.3) is 0 Å². The molecule has 0 aromatic rings. The van der Waals surface area contributed by atoms with E-state index in [1.54, 1.807) is 7.11 Å². The van der Waals surface area contributed by atoms with E-state index in [1.165, 1.54) is 0 Å². The minimum Gasteiger partial charge on any atom is -0.383 e. The Morgan fingerprint density at radius 1 is 1.47 bits per heavy atom. The summed E-state index contributed by atoms with van der Waals surface area (Å²) in [5.41, 5.74) is 0.184. The second-order valence-electron chi connectivity index (χ2n) is 4.11. The van der Waals surface area contributed by atoms with Crippen molar-refractivity contribution >= 4 is 0 Å². The van der Waals surface area contributed by atoms with Crippen LogP contribution in [0.2, 0.25) is 0 Å². The summed E-state index contributed by atoms with van der Waals surface area (Å²) in [6.07, 6.45) is 1.09. The van der Waals surface area contributed by atoms with Crippen LogP contribution in [0.3, 0.4) is 0 Å². The lowest BCUT2D eigenvalue weighted by Gasteiger charge is -2.27. The van der Waals surface area contributed by atoms with Gasteiger partial charge in [0.15, 0.2) is 0 Å². The van der Waals surface area contributed by atoms with Crippen LogP contribution in [0, 0.1) is 5.41 Å². The molecule has 1 atom stereocenters. The Bertz CT molecular complexity index is 158. The van der Waals surface area contributed by atoms with Crippen molar-refractivity contribution in [1.29, 1.82) is 0 Å². The minimum atomic E-state index is 0.184. The molecule has 4 nitrogen and oxygen atoms in total. The first-order valence-corrected chi connectivity index (χ1v) is 5.68. The molecule has 0 bridgehead atoms. The van der Waals surface area contributed by atoms with E-state index >= 15 is 0 Å². The number of rotatable bonds is 8. The monoisotopic (exact) mass is 217 g/mol. The third-order valence-electron chi connectivity index (χ3n) is 2.78. The van der Waals surface area contributed by atoms with Gasteiger partial charge in [-0.15, -0.1) is 0 Å². The molecule has 0 spiro atoms. The minimum absolute atomic E-state index is 0.184. The summed E-state index contributed by atoms with van der Waals surface area (Å²) in [6, 6.07) is 0. The van der Waals surface area contributed by atoms with Gasteiger partial charge in [0.25, 0.3) is 0 Å². The number of ether oxygens (including phenoxy) is 3. The molecule has 0 amide bonds. The second kappa shape index (κ2) is 7.17. The Morgan fingerprint density at radius 3 is 2.93 bits per heavy atom. The van der Waals surface area contributed by atoms with Gasteiger partial charge in [-0.25, -0.2) is 0 Å². The lowest BCUT2D eigenvalue weighted by atomic mass is 9.88. The molecule has 0 aromatic heterocycles. The molecule has 1 N–H and O–H groups in total. The highest BCUT2D eigenvalue weighted by atomic mass is 16.5. The largest absolute Gasteiger partial charge is 0.383 e. The summed E-state index contributed by atoms with van der Waals surface area (Å²) in [4.78, 5) is 0. The highest BCUT2D eigenvalue weighted by Crippen LogP contribution is 2.28. The summed E-state index contributed by atoms with van der Waals surface area (Å²) < 4.78 is 16.0. The van der Waals surface area contributed by atoms with Crippen molar-refractivity contribution in [2.75, 3.05) is 53.2 Å². The molecule has 0 aliphatic carbocycles. The number of hydrogen-bond donors (Lipinski definition) is 1. The van der Waals surface area contributed by atoms with Crippen LogP contribution in [0.4, 0.5) is 0 Å². The van der Waals surface area contributed by atoms with Gasteiger partial charge in [-0.05, 0) is 13.3 Å². The first-order valence-electron chi connectivity index (χ1n) is 5.68. The maximum atomic E-state index is 5.53. The zero-order chi connectivity index (χ0) is 11.0. The van der Waals surface area contributed by atoms with Crippen molar-refractivity contribution in [3.8, 4) is 0 Å². The molecule has 1 aliphatic heterocycles. The average Bonchev–Trinajstić information content (AvgIpc) is 2.71. The summed E-state index contributed by atoms with van der Waals surface area (Å²) in [5.74, 6) is 0. The Balaban J connectivity index is 2.23. The number of nitrogens with one attached hydrogen (secondary N) is 1. The van der Waals surface area contributed by atoms with E-state index in [0.29, 0.717) is 0 Å². The van der Waals surface area contributed by atoms with E-state index in [1.807, 2.05) is 6.92 Å². The fourth-order valence-electron chi connectivity index (χ4n) is 1.80. The average molecular weight is 217 g/mol. The van der Waals surface area contributed by atoms with Crippen molar-refractivity contribution in [2.24, 2.45) is 5.41 Å². The zero-order valence-electron chi connectivity index (χ0n) is 9.88. The van der Waals surface area contributed by atoms with E-state index < -0.39 is 0 Å². The summed E-state index contributed by atoms with van der Waals surface area (Å²) in [7, 11) is 1.72. The van der Waals surface area contributed by atoms with E-state index in [4.69, 9.17) is 14.2 Å². The fraction of sp³-hybridized carbons (Fsp3) is 1.00. The van der Waals surface area contributed by atoms with Crippen LogP contribution in [0.1, 0.15) is 13.3 Å². The van der Waals surface area contributed by atoms with Crippen molar-refractivity contribution in [2.45, 2.75) is 13.3 Å². The molecular formula is C11H23NO3. The Kier molecular flexibility index (Phi) is 6.17. The SMILES string of the molecule is CCOCC1(CNCCOC)CCOC1. The van der Waals surface area contributed by atoms with Gasteiger partial charge in [0.2, 0.25) is 0 Å². The molecule has 1 rings (SSSR count). The Labute approximate surface area is 92.3 Å². The topological polar surface area (TPSA) is 39.7 Å². The van der Waals surface area contributed by atoms with Gasteiger partial charge in [0.1, 0.15) is 0 Å². The van der Waals surface area contributed by atoms with Crippen LogP contribution in [0.5, 0.6) is 0 Å². The molecule has 1 saturated heterocycles. The third kappa shape index (κ3) is 4.47. The van der Waals surface area contributed by atoms with Gasteiger partial charge in [-0.1, -0.05) is 0 Å². The van der Waals surface area contributed by atoms with Gasteiger partial charge < -0.3 is 19.5 Å². The van der Waals surface area contributed by atoms with E-state index in [-0.39, 0.29) is 5.41 Å². The Morgan fingerprint density at radius 2 is 2.33 bits per heavy atom. The lowest BCUT2D eigenvalue weighted by Crippen LogP contribution is -2.39. The van der Waals surface area contributed by atoms with Gasteiger partial charge in [0, 0.05) is 38.8 Å². The first-order chi connectivity index (χ1) is 7.33. The molecule has 0 aromatic carbocycles. The van der Waals surface area contributed by atoms with Crippen LogP contribution in [0.15, 0.2) is 0 Å². The van der Waals surface area contributed by atoms with Crippen molar-refractivity contribution in [3.63, 3.8) is 0 Å². The molecule has 1 heterocycles. The maximum Gasteiger partial charge on any atom is 0.0587 e. The molecule has 0 saturated carbocycles. The molecule has 1 fully saturated rings.